The van der Waals surface area contributed by atoms with Crippen molar-refractivity contribution in [2.24, 2.45) is 0 Å². The lowest BCUT2D eigenvalue weighted by atomic mass is 10.0. The van der Waals surface area contributed by atoms with E-state index in [0.29, 0.717) is 0 Å². The van der Waals surface area contributed by atoms with Crippen LogP contribution in [0.2, 0.25) is 0 Å². The molecule has 0 fully saturated rings. The Morgan fingerprint density at radius 3 is 2.05 bits per heavy atom. The Labute approximate surface area is 130 Å². The highest BCUT2D eigenvalue weighted by molar-refractivity contribution is 5.67. The number of allylic oxidation sites excluding steroid dienone is 1. The van der Waals surface area contributed by atoms with Crippen molar-refractivity contribution in [1.82, 2.24) is 4.98 Å². The molecule has 0 radical (unpaired) electrons. The number of phenolic OH excluding ortho intramolecular Hbond substituents is 1. The third-order valence-corrected chi connectivity index (χ3v) is 3.59. The molecule has 2 aromatic carbocycles. The van der Waals surface area contributed by atoms with E-state index >= 15 is 0 Å². The Bertz CT molecular complexity index is 756. The summed E-state index contributed by atoms with van der Waals surface area (Å²) in [6.07, 6.45) is 4.65. The maximum atomic E-state index is 9.34. The van der Waals surface area contributed by atoms with Crippen LogP contribution in [-0.2, 0) is 6.42 Å². The van der Waals surface area contributed by atoms with Crippen LogP contribution in [0, 0.1) is 0 Å². The van der Waals surface area contributed by atoms with E-state index in [9.17, 15) is 5.11 Å². The van der Waals surface area contributed by atoms with Crippen molar-refractivity contribution in [2.45, 2.75) is 6.42 Å². The fourth-order valence-corrected chi connectivity index (χ4v) is 2.37. The van der Waals surface area contributed by atoms with E-state index in [-0.39, 0.29) is 5.75 Å². The molecule has 108 valence electrons. The summed E-state index contributed by atoms with van der Waals surface area (Å²) in [5.74, 6) is 0.271. The molecule has 0 aliphatic rings. The molecule has 0 amide bonds. The molecule has 0 spiro atoms. The van der Waals surface area contributed by atoms with Crippen molar-refractivity contribution in [2.75, 3.05) is 0 Å². The second kappa shape index (κ2) is 6.27. The highest BCUT2D eigenvalue weighted by Crippen LogP contribution is 2.24. The molecule has 22 heavy (non-hydrogen) atoms. The number of aromatic nitrogens is 1. The Hall–Kier alpha value is -2.87. The van der Waals surface area contributed by atoms with Gasteiger partial charge in [0.2, 0.25) is 0 Å². The Kier molecular flexibility index (Phi) is 4.01. The minimum Gasteiger partial charge on any atom is -0.508 e. The zero-order valence-electron chi connectivity index (χ0n) is 12.2. The summed E-state index contributed by atoms with van der Waals surface area (Å²) >= 11 is 0. The number of rotatable bonds is 4. The van der Waals surface area contributed by atoms with Gasteiger partial charge >= 0.3 is 0 Å². The first-order valence-corrected chi connectivity index (χ1v) is 7.22. The molecule has 0 saturated carbocycles. The molecule has 1 heterocycles. The number of phenols is 1. The smallest absolute Gasteiger partial charge is 0.115 e. The van der Waals surface area contributed by atoms with Gasteiger partial charge in [-0.15, -0.1) is 6.58 Å². The van der Waals surface area contributed by atoms with E-state index in [1.807, 2.05) is 36.5 Å². The standard InChI is InChI=1S/C20H17NO/c1-2-3-15-4-6-17(7-5-15)20-13-10-18(14-21-20)16-8-11-19(22)12-9-16/h2,4-14,22H,1,3H2. The van der Waals surface area contributed by atoms with Gasteiger partial charge in [-0.05, 0) is 35.7 Å². The van der Waals surface area contributed by atoms with Crippen molar-refractivity contribution >= 4 is 0 Å². The summed E-state index contributed by atoms with van der Waals surface area (Å²) in [4.78, 5) is 4.54. The Morgan fingerprint density at radius 1 is 0.818 bits per heavy atom. The van der Waals surface area contributed by atoms with Gasteiger partial charge in [-0.1, -0.05) is 48.5 Å². The highest BCUT2D eigenvalue weighted by Gasteiger charge is 2.02. The summed E-state index contributed by atoms with van der Waals surface area (Å²) in [6, 6.07) is 19.6. The lowest BCUT2D eigenvalue weighted by Crippen LogP contribution is -1.86. The Balaban J connectivity index is 1.84. The van der Waals surface area contributed by atoms with Gasteiger partial charge in [-0.3, -0.25) is 4.98 Å². The Morgan fingerprint density at radius 2 is 1.45 bits per heavy atom. The summed E-state index contributed by atoms with van der Waals surface area (Å²) in [5.41, 5.74) is 5.38. The summed E-state index contributed by atoms with van der Waals surface area (Å²) in [5, 5.41) is 9.34. The van der Waals surface area contributed by atoms with Crippen LogP contribution < -0.4 is 0 Å². The van der Waals surface area contributed by atoms with Gasteiger partial charge in [0.15, 0.2) is 0 Å². The van der Waals surface area contributed by atoms with Crippen LogP contribution >= 0.6 is 0 Å². The summed E-state index contributed by atoms with van der Waals surface area (Å²) < 4.78 is 0. The summed E-state index contributed by atoms with van der Waals surface area (Å²) in [6.45, 7) is 3.75. The van der Waals surface area contributed by atoms with Crippen molar-refractivity contribution < 1.29 is 5.11 Å². The fraction of sp³-hybridized carbons (Fsp3) is 0.0500. The molecule has 1 N–H and O–H groups in total. The van der Waals surface area contributed by atoms with Crippen molar-refractivity contribution in [3.63, 3.8) is 0 Å². The van der Waals surface area contributed by atoms with Crippen molar-refractivity contribution in [1.29, 1.82) is 0 Å². The average Bonchev–Trinajstić information content (AvgIpc) is 2.57. The zero-order valence-corrected chi connectivity index (χ0v) is 12.2. The number of aromatic hydroxyl groups is 1. The third-order valence-electron chi connectivity index (χ3n) is 3.59. The number of hydrogen-bond acceptors (Lipinski definition) is 2. The van der Waals surface area contributed by atoms with Crippen LogP contribution in [0.3, 0.4) is 0 Å². The molecule has 3 rings (SSSR count). The largest absolute Gasteiger partial charge is 0.508 e. The lowest BCUT2D eigenvalue weighted by Gasteiger charge is -2.05. The van der Waals surface area contributed by atoms with Crippen LogP contribution in [0.1, 0.15) is 5.56 Å². The minimum atomic E-state index is 0.271. The number of pyridine rings is 1. The SMILES string of the molecule is C=CCc1ccc(-c2ccc(-c3ccc(O)cc3)cn2)cc1. The summed E-state index contributed by atoms with van der Waals surface area (Å²) in [7, 11) is 0. The quantitative estimate of drug-likeness (QED) is 0.696. The fourth-order valence-electron chi connectivity index (χ4n) is 2.37. The number of hydrogen-bond donors (Lipinski definition) is 1. The number of benzene rings is 2. The van der Waals surface area contributed by atoms with E-state index in [4.69, 9.17) is 0 Å². The van der Waals surface area contributed by atoms with E-state index in [0.717, 1.165) is 28.8 Å². The molecule has 0 saturated heterocycles. The van der Waals surface area contributed by atoms with Gasteiger partial charge < -0.3 is 5.11 Å². The molecule has 0 bridgehead atoms. The molecule has 2 heteroatoms. The van der Waals surface area contributed by atoms with E-state index < -0.39 is 0 Å². The van der Waals surface area contributed by atoms with E-state index in [1.165, 1.54) is 5.56 Å². The van der Waals surface area contributed by atoms with Gasteiger partial charge in [0, 0.05) is 17.3 Å². The topological polar surface area (TPSA) is 33.1 Å². The highest BCUT2D eigenvalue weighted by atomic mass is 16.3. The molecule has 2 nitrogen and oxygen atoms in total. The molecular weight excluding hydrogens is 270 g/mol. The van der Waals surface area contributed by atoms with Gasteiger partial charge in [0.25, 0.3) is 0 Å². The molecule has 0 aliphatic carbocycles. The second-order valence-corrected chi connectivity index (χ2v) is 5.17. The first-order chi connectivity index (χ1) is 10.8. The molecule has 3 aromatic rings. The van der Waals surface area contributed by atoms with Crippen LogP contribution in [0.15, 0.2) is 79.5 Å². The maximum Gasteiger partial charge on any atom is 0.115 e. The second-order valence-electron chi connectivity index (χ2n) is 5.17. The number of nitrogens with zero attached hydrogens (tertiary/aromatic N) is 1. The molecule has 1 aromatic heterocycles. The normalized spacial score (nSPS) is 10.4. The van der Waals surface area contributed by atoms with Crippen LogP contribution in [0.4, 0.5) is 0 Å². The van der Waals surface area contributed by atoms with Crippen molar-refractivity contribution in [3.8, 4) is 28.1 Å². The monoisotopic (exact) mass is 287 g/mol. The first-order valence-electron chi connectivity index (χ1n) is 7.22. The van der Waals surface area contributed by atoms with Crippen molar-refractivity contribution in [3.05, 3.63) is 85.1 Å². The van der Waals surface area contributed by atoms with Crippen LogP contribution in [0.5, 0.6) is 5.75 Å². The first kappa shape index (κ1) is 14.1. The molecule has 0 atom stereocenters. The molecular formula is C20H17NO. The molecule has 0 unspecified atom stereocenters. The zero-order chi connectivity index (χ0) is 15.4. The van der Waals surface area contributed by atoms with Crippen LogP contribution in [-0.4, -0.2) is 10.1 Å². The third kappa shape index (κ3) is 3.07. The van der Waals surface area contributed by atoms with Gasteiger partial charge in [-0.25, -0.2) is 0 Å². The average molecular weight is 287 g/mol. The lowest BCUT2D eigenvalue weighted by molar-refractivity contribution is 0.475. The van der Waals surface area contributed by atoms with E-state index in [1.54, 1.807) is 12.1 Å². The van der Waals surface area contributed by atoms with Gasteiger partial charge in [-0.2, -0.15) is 0 Å². The predicted molar refractivity (Wildman–Crippen MR) is 90.7 cm³/mol. The predicted octanol–water partition coefficient (Wildman–Crippen LogP) is 4.85. The minimum absolute atomic E-state index is 0.271. The van der Waals surface area contributed by atoms with E-state index in [2.05, 4.69) is 35.8 Å². The van der Waals surface area contributed by atoms with Gasteiger partial charge in [0.1, 0.15) is 5.75 Å². The maximum absolute atomic E-state index is 9.34. The van der Waals surface area contributed by atoms with Crippen LogP contribution in [0.25, 0.3) is 22.4 Å². The molecule has 0 aliphatic heterocycles. The van der Waals surface area contributed by atoms with Gasteiger partial charge in [0.05, 0.1) is 5.69 Å².